The second-order valence-corrected chi connectivity index (χ2v) is 10.1. The molecule has 1 heterocycles. The van der Waals surface area contributed by atoms with Crippen molar-refractivity contribution in [2.75, 3.05) is 40.3 Å². The van der Waals surface area contributed by atoms with Crippen LogP contribution in [0.3, 0.4) is 0 Å². The van der Waals surface area contributed by atoms with Gasteiger partial charge < -0.3 is 15.0 Å². The summed E-state index contributed by atoms with van der Waals surface area (Å²) in [6.07, 6.45) is 1.37. The molecule has 1 amide bonds. The van der Waals surface area contributed by atoms with Gasteiger partial charge in [0.05, 0.1) is 17.7 Å². The van der Waals surface area contributed by atoms with Crippen molar-refractivity contribution in [2.45, 2.75) is 17.7 Å². The van der Waals surface area contributed by atoms with Crippen LogP contribution in [0.2, 0.25) is 5.02 Å². The number of nitrogens with zero attached hydrogens (tertiary/aromatic N) is 1. The van der Waals surface area contributed by atoms with Crippen molar-refractivity contribution >= 4 is 33.3 Å². The van der Waals surface area contributed by atoms with E-state index < -0.39 is 15.9 Å². The second-order valence-electron chi connectivity index (χ2n) is 8.08. The summed E-state index contributed by atoms with van der Waals surface area (Å²) in [6, 6.07) is 8.06. The van der Waals surface area contributed by atoms with Gasteiger partial charge in [-0.05, 0) is 63.3 Å². The molecular formula is C23H28ClFN4O5S. The zero-order valence-electron chi connectivity index (χ0n) is 19.4. The van der Waals surface area contributed by atoms with Crippen LogP contribution in [0.25, 0.3) is 0 Å². The summed E-state index contributed by atoms with van der Waals surface area (Å²) in [5.41, 5.74) is 2.97. The van der Waals surface area contributed by atoms with E-state index in [9.17, 15) is 22.4 Å². The molecule has 1 fully saturated rings. The van der Waals surface area contributed by atoms with Crippen LogP contribution < -0.4 is 20.3 Å². The molecule has 1 aliphatic rings. The molecule has 35 heavy (non-hydrogen) atoms. The molecule has 3 N–H and O–H groups in total. The van der Waals surface area contributed by atoms with Crippen molar-refractivity contribution in [1.82, 2.24) is 20.5 Å². The Morgan fingerprint density at radius 2 is 1.83 bits per heavy atom. The number of rotatable bonds is 10. The van der Waals surface area contributed by atoms with Crippen molar-refractivity contribution < 1.29 is 27.1 Å². The first-order valence-electron chi connectivity index (χ1n) is 11.0. The lowest BCUT2D eigenvalue weighted by molar-refractivity contribution is 0.0838. The number of ether oxygens (including phenoxy) is 1. The molecule has 0 aliphatic carbocycles. The van der Waals surface area contributed by atoms with Gasteiger partial charge in [-0.3, -0.25) is 9.59 Å². The largest absolute Gasteiger partial charge is 0.496 e. The Morgan fingerprint density at radius 1 is 1.17 bits per heavy atom. The third kappa shape index (κ3) is 6.77. The highest BCUT2D eigenvalue weighted by atomic mass is 35.5. The molecule has 12 heteroatoms. The third-order valence-electron chi connectivity index (χ3n) is 5.83. The number of sulfonamides is 1. The summed E-state index contributed by atoms with van der Waals surface area (Å²) in [4.78, 5) is 29.4. The highest BCUT2D eigenvalue weighted by Crippen LogP contribution is 2.30. The number of hydrogen-bond donors (Lipinski definition) is 3. The van der Waals surface area contributed by atoms with Crippen molar-refractivity contribution in [3.63, 3.8) is 0 Å². The van der Waals surface area contributed by atoms with Crippen molar-refractivity contribution in [3.05, 3.63) is 58.4 Å². The van der Waals surface area contributed by atoms with Crippen LogP contribution >= 0.6 is 11.6 Å². The summed E-state index contributed by atoms with van der Waals surface area (Å²) in [5, 5.41) is 2.68. The smallest absolute Gasteiger partial charge is 0.255 e. The summed E-state index contributed by atoms with van der Waals surface area (Å²) in [7, 11) is -1.20. The second kappa shape index (κ2) is 11.9. The predicted molar refractivity (Wildman–Crippen MR) is 130 cm³/mol. The molecule has 0 unspecified atom stereocenters. The molecule has 190 valence electrons. The fraction of sp³-hybridized carbons (Fsp3) is 0.391. The van der Waals surface area contributed by atoms with Crippen molar-refractivity contribution in [1.29, 1.82) is 0 Å². The number of carbonyl (C=O) groups excluding carboxylic acids is 2. The van der Waals surface area contributed by atoms with E-state index in [1.54, 1.807) is 0 Å². The monoisotopic (exact) mass is 526 g/mol. The molecule has 2 aromatic carbocycles. The fourth-order valence-corrected chi connectivity index (χ4v) is 5.39. The number of benzene rings is 2. The lowest BCUT2D eigenvalue weighted by Gasteiger charge is -2.31. The highest BCUT2D eigenvalue weighted by Gasteiger charge is 2.26. The number of carbonyl (C=O) groups is 2. The van der Waals surface area contributed by atoms with Gasteiger partial charge in [0.1, 0.15) is 16.5 Å². The van der Waals surface area contributed by atoms with E-state index in [-0.39, 0.29) is 38.7 Å². The maximum atomic E-state index is 13.1. The van der Waals surface area contributed by atoms with E-state index in [2.05, 4.69) is 20.5 Å². The van der Waals surface area contributed by atoms with Crippen LogP contribution in [0.5, 0.6) is 5.75 Å². The van der Waals surface area contributed by atoms with E-state index in [1.807, 2.05) is 0 Å². The summed E-state index contributed by atoms with van der Waals surface area (Å²) in [6.45, 7) is 2.33. The number of Topliss-reactive ketones (excluding diaryl/α,β-unsaturated/α-hetero) is 1. The Balaban J connectivity index is 1.53. The summed E-state index contributed by atoms with van der Waals surface area (Å²) in [5.74, 6) is -0.827. The minimum Gasteiger partial charge on any atom is -0.496 e. The van der Waals surface area contributed by atoms with E-state index in [0.29, 0.717) is 44.6 Å². The highest BCUT2D eigenvalue weighted by molar-refractivity contribution is 7.89. The molecule has 2 aromatic rings. The van der Waals surface area contributed by atoms with Gasteiger partial charge in [-0.25, -0.2) is 18.2 Å². The number of methoxy groups -OCH3 is 1. The third-order valence-corrected chi connectivity index (χ3v) is 7.64. The van der Waals surface area contributed by atoms with Gasteiger partial charge in [-0.15, -0.1) is 4.83 Å². The van der Waals surface area contributed by atoms with Gasteiger partial charge in [0.25, 0.3) is 15.9 Å². The topological polar surface area (TPSA) is 117 Å². The molecule has 3 rings (SSSR count). The Hall–Kier alpha value is -2.57. The number of halogens is 2. The first kappa shape index (κ1) is 27.0. The van der Waals surface area contributed by atoms with Gasteiger partial charge in [0, 0.05) is 30.6 Å². The molecule has 0 spiro atoms. The van der Waals surface area contributed by atoms with E-state index in [0.717, 1.165) is 0 Å². The molecule has 0 aromatic heterocycles. The maximum Gasteiger partial charge on any atom is 0.255 e. The zero-order chi connectivity index (χ0) is 25.6. The molecule has 0 radical (unpaired) electrons. The first-order chi connectivity index (χ1) is 16.7. The number of hydrogen-bond acceptors (Lipinski definition) is 7. The number of hydrazine groups is 1. The average molecular weight is 527 g/mol. The normalized spacial score (nSPS) is 15.1. The molecule has 9 nitrogen and oxygen atoms in total. The summed E-state index contributed by atoms with van der Waals surface area (Å²) < 4.78 is 42.8. The average Bonchev–Trinajstić information content (AvgIpc) is 2.84. The van der Waals surface area contributed by atoms with Crippen molar-refractivity contribution in [2.24, 2.45) is 5.92 Å². The van der Waals surface area contributed by atoms with Gasteiger partial charge >= 0.3 is 0 Å². The lowest BCUT2D eigenvalue weighted by atomic mass is 9.89. The minimum atomic E-state index is -3.93. The van der Waals surface area contributed by atoms with Crippen LogP contribution in [0.1, 0.15) is 33.6 Å². The maximum absolute atomic E-state index is 13.1. The van der Waals surface area contributed by atoms with Gasteiger partial charge in [-0.1, -0.05) is 11.6 Å². The minimum absolute atomic E-state index is 0.0253. The predicted octanol–water partition coefficient (Wildman–Crippen LogP) is 2.23. The molecule has 0 saturated carbocycles. The number of amides is 1. The van der Waals surface area contributed by atoms with Crippen LogP contribution in [-0.2, 0) is 10.0 Å². The standard InChI is InChI=1S/C23H28ClFN4O5S/c1-26-28-35(32,33)21-14-20(34-2)18(13-19(21)24)23(31)27-9-12-29-10-7-16(8-11-29)22(30)15-3-5-17(25)6-4-15/h3-6,13-14,16,26,28H,7-12H2,1-2H3,(H,27,31). The Bertz CT molecular complexity index is 1170. The molecule has 1 aliphatic heterocycles. The van der Waals surface area contributed by atoms with Crippen LogP contribution in [0, 0.1) is 11.7 Å². The van der Waals surface area contributed by atoms with Crippen LogP contribution in [-0.4, -0.2) is 65.3 Å². The quantitative estimate of drug-likeness (QED) is 0.321. The molecular weight excluding hydrogens is 499 g/mol. The molecule has 0 bridgehead atoms. The lowest BCUT2D eigenvalue weighted by Crippen LogP contribution is -2.41. The number of likely N-dealkylation sites (tertiary alicyclic amines) is 1. The first-order valence-corrected chi connectivity index (χ1v) is 12.9. The zero-order valence-corrected chi connectivity index (χ0v) is 21.0. The number of ketones is 1. The van der Waals surface area contributed by atoms with E-state index >= 15 is 0 Å². The number of piperidine rings is 1. The van der Waals surface area contributed by atoms with Gasteiger partial charge in [-0.2, -0.15) is 0 Å². The SMILES string of the molecule is CNNS(=O)(=O)c1cc(OC)c(C(=O)NCCN2CCC(C(=O)c3ccc(F)cc3)CC2)cc1Cl. The van der Waals surface area contributed by atoms with Crippen LogP contribution in [0.4, 0.5) is 4.39 Å². The Morgan fingerprint density at radius 3 is 2.43 bits per heavy atom. The Labute approximate surface area is 209 Å². The van der Waals surface area contributed by atoms with Crippen LogP contribution in [0.15, 0.2) is 41.3 Å². The molecule has 1 saturated heterocycles. The Kier molecular flexibility index (Phi) is 9.20. The molecule has 0 atom stereocenters. The van der Waals surface area contributed by atoms with Gasteiger partial charge in [0.15, 0.2) is 5.78 Å². The van der Waals surface area contributed by atoms with E-state index in [4.69, 9.17) is 16.3 Å². The summed E-state index contributed by atoms with van der Waals surface area (Å²) >= 11 is 6.13. The number of nitrogens with one attached hydrogen (secondary N) is 3. The fourth-order valence-electron chi connectivity index (χ4n) is 3.97. The van der Waals surface area contributed by atoms with Gasteiger partial charge in [0.2, 0.25) is 0 Å². The van der Waals surface area contributed by atoms with Crippen molar-refractivity contribution in [3.8, 4) is 5.75 Å². The van der Waals surface area contributed by atoms with E-state index in [1.165, 1.54) is 50.6 Å².